The Kier molecular flexibility index (Phi) is 4.69. The van der Waals surface area contributed by atoms with Gasteiger partial charge in [-0.3, -0.25) is 0 Å². The van der Waals surface area contributed by atoms with E-state index >= 15 is 0 Å². The molecule has 0 saturated carbocycles. The summed E-state index contributed by atoms with van der Waals surface area (Å²) in [5.74, 6) is 0.880. The standard InChI is InChI=1S/C19H25NO/c1-12-6-7-16(19(10-12)21-5)18(20)11-17-14(3)8-13(2)9-15(17)4/h6-10,18H,11,20H2,1-5H3. The molecule has 0 aliphatic carbocycles. The van der Waals surface area contributed by atoms with Crippen LogP contribution in [0.1, 0.15) is 39.4 Å². The molecule has 112 valence electrons. The molecule has 0 heterocycles. The maximum Gasteiger partial charge on any atom is 0.123 e. The van der Waals surface area contributed by atoms with E-state index in [1.54, 1.807) is 7.11 Å². The second-order valence-corrected chi connectivity index (χ2v) is 5.93. The van der Waals surface area contributed by atoms with Crippen molar-refractivity contribution in [3.63, 3.8) is 0 Å². The van der Waals surface area contributed by atoms with Gasteiger partial charge in [0.05, 0.1) is 7.11 Å². The highest BCUT2D eigenvalue weighted by Gasteiger charge is 2.15. The number of nitrogens with two attached hydrogens (primary N) is 1. The third kappa shape index (κ3) is 3.45. The van der Waals surface area contributed by atoms with Crippen molar-refractivity contribution >= 4 is 0 Å². The molecular formula is C19H25NO. The van der Waals surface area contributed by atoms with Crippen LogP contribution in [0.2, 0.25) is 0 Å². The molecule has 2 heteroatoms. The molecule has 0 amide bonds. The molecule has 0 aliphatic rings. The Morgan fingerprint density at radius 2 is 1.57 bits per heavy atom. The number of ether oxygens (including phenoxy) is 1. The average molecular weight is 283 g/mol. The monoisotopic (exact) mass is 283 g/mol. The van der Waals surface area contributed by atoms with Crippen molar-refractivity contribution < 1.29 is 4.74 Å². The highest BCUT2D eigenvalue weighted by molar-refractivity contribution is 5.42. The van der Waals surface area contributed by atoms with Crippen LogP contribution >= 0.6 is 0 Å². The maximum atomic E-state index is 6.45. The van der Waals surface area contributed by atoms with Crippen molar-refractivity contribution in [1.29, 1.82) is 0 Å². The van der Waals surface area contributed by atoms with Crippen molar-refractivity contribution in [2.45, 2.75) is 40.2 Å². The summed E-state index contributed by atoms with van der Waals surface area (Å²) in [6, 6.07) is 10.6. The van der Waals surface area contributed by atoms with Gasteiger partial charge in [0.25, 0.3) is 0 Å². The van der Waals surface area contributed by atoms with E-state index in [-0.39, 0.29) is 6.04 Å². The third-order valence-corrected chi connectivity index (χ3v) is 4.05. The summed E-state index contributed by atoms with van der Waals surface area (Å²) in [5.41, 5.74) is 14.0. The Morgan fingerprint density at radius 1 is 0.952 bits per heavy atom. The molecule has 2 nitrogen and oxygen atoms in total. The summed E-state index contributed by atoms with van der Waals surface area (Å²) in [6.07, 6.45) is 0.831. The lowest BCUT2D eigenvalue weighted by Crippen LogP contribution is -2.16. The number of hydrogen-bond donors (Lipinski definition) is 1. The highest BCUT2D eigenvalue weighted by Crippen LogP contribution is 2.29. The van der Waals surface area contributed by atoms with Gasteiger partial charge in [-0.05, 0) is 62.4 Å². The van der Waals surface area contributed by atoms with Gasteiger partial charge in [0.15, 0.2) is 0 Å². The molecule has 2 aromatic rings. The lowest BCUT2D eigenvalue weighted by molar-refractivity contribution is 0.405. The molecule has 0 fully saturated rings. The lowest BCUT2D eigenvalue weighted by atomic mass is 9.91. The Bertz CT molecular complexity index is 623. The van der Waals surface area contributed by atoms with Crippen molar-refractivity contribution in [3.05, 3.63) is 63.7 Å². The van der Waals surface area contributed by atoms with Gasteiger partial charge >= 0.3 is 0 Å². The van der Waals surface area contributed by atoms with E-state index in [1.807, 2.05) is 6.07 Å². The van der Waals surface area contributed by atoms with Gasteiger partial charge in [-0.25, -0.2) is 0 Å². The first kappa shape index (κ1) is 15.6. The maximum absolute atomic E-state index is 6.45. The molecule has 1 atom stereocenters. The smallest absolute Gasteiger partial charge is 0.123 e. The van der Waals surface area contributed by atoms with Gasteiger partial charge in [0.1, 0.15) is 5.75 Å². The summed E-state index contributed by atoms with van der Waals surface area (Å²) >= 11 is 0. The molecule has 0 saturated heterocycles. The molecule has 0 radical (unpaired) electrons. The predicted octanol–water partition coefficient (Wildman–Crippen LogP) is 4.17. The van der Waals surface area contributed by atoms with Crippen LogP contribution in [0.5, 0.6) is 5.75 Å². The zero-order valence-corrected chi connectivity index (χ0v) is 13.7. The fourth-order valence-corrected chi connectivity index (χ4v) is 2.99. The van der Waals surface area contributed by atoms with Crippen molar-refractivity contribution in [2.24, 2.45) is 5.73 Å². The molecule has 0 aromatic heterocycles. The lowest BCUT2D eigenvalue weighted by Gasteiger charge is -2.19. The van der Waals surface area contributed by atoms with E-state index < -0.39 is 0 Å². The molecule has 2 aromatic carbocycles. The van der Waals surface area contributed by atoms with E-state index in [4.69, 9.17) is 10.5 Å². The minimum atomic E-state index is -0.0549. The van der Waals surface area contributed by atoms with Crippen LogP contribution in [-0.2, 0) is 6.42 Å². The molecular weight excluding hydrogens is 258 g/mol. The Balaban J connectivity index is 2.32. The van der Waals surface area contributed by atoms with Gasteiger partial charge in [-0.15, -0.1) is 0 Å². The van der Waals surface area contributed by atoms with Crippen LogP contribution in [0.3, 0.4) is 0 Å². The molecule has 2 N–H and O–H groups in total. The van der Waals surface area contributed by atoms with Gasteiger partial charge in [-0.1, -0.05) is 29.8 Å². The summed E-state index contributed by atoms with van der Waals surface area (Å²) in [6.45, 7) is 8.52. The van der Waals surface area contributed by atoms with Crippen molar-refractivity contribution in [2.75, 3.05) is 7.11 Å². The Hall–Kier alpha value is -1.80. The van der Waals surface area contributed by atoms with Gasteiger partial charge in [0, 0.05) is 11.6 Å². The molecule has 1 unspecified atom stereocenters. The van der Waals surface area contributed by atoms with E-state index in [0.717, 1.165) is 17.7 Å². The predicted molar refractivity (Wildman–Crippen MR) is 89.0 cm³/mol. The van der Waals surface area contributed by atoms with Crippen LogP contribution in [0.15, 0.2) is 30.3 Å². The highest BCUT2D eigenvalue weighted by atomic mass is 16.5. The summed E-state index contributed by atoms with van der Waals surface area (Å²) in [7, 11) is 1.70. The van der Waals surface area contributed by atoms with E-state index in [2.05, 4.69) is 52.0 Å². The minimum absolute atomic E-state index is 0.0549. The summed E-state index contributed by atoms with van der Waals surface area (Å²) < 4.78 is 5.48. The third-order valence-electron chi connectivity index (χ3n) is 4.05. The first-order chi connectivity index (χ1) is 9.92. The fraction of sp³-hybridized carbons (Fsp3) is 0.368. The van der Waals surface area contributed by atoms with Crippen LogP contribution in [0.25, 0.3) is 0 Å². The average Bonchev–Trinajstić information content (AvgIpc) is 2.42. The van der Waals surface area contributed by atoms with E-state index in [1.165, 1.54) is 27.8 Å². The zero-order valence-electron chi connectivity index (χ0n) is 13.7. The normalized spacial score (nSPS) is 12.3. The SMILES string of the molecule is COc1cc(C)ccc1C(N)Cc1c(C)cc(C)cc1C. The molecule has 2 rings (SSSR count). The van der Waals surface area contributed by atoms with Gasteiger partial charge < -0.3 is 10.5 Å². The van der Waals surface area contributed by atoms with Crippen LogP contribution < -0.4 is 10.5 Å². The Morgan fingerprint density at radius 3 is 2.14 bits per heavy atom. The van der Waals surface area contributed by atoms with Crippen LogP contribution in [0.4, 0.5) is 0 Å². The number of aryl methyl sites for hydroxylation is 4. The number of methoxy groups -OCH3 is 1. The Labute approximate surface area is 127 Å². The largest absolute Gasteiger partial charge is 0.496 e. The second kappa shape index (κ2) is 6.31. The van der Waals surface area contributed by atoms with Crippen molar-refractivity contribution in [1.82, 2.24) is 0 Å². The topological polar surface area (TPSA) is 35.2 Å². The molecule has 0 spiro atoms. The van der Waals surface area contributed by atoms with Gasteiger partial charge in [-0.2, -0.15) is 0 Å². The molecule has 21 heavy (non-hydrogen) atoms. The molecule has 0 bridgehead atoms. The van der Waals surface area contributed by atoms with Crippen LogP contribution in [-0.4, -0.2) is 7.11 Å². The first-order valence-corrected chi connectivity index (χ1v) is 7.39. The summed E-state index contributed by atoms with van der Waals surface area (Å²) in [4.78, 5) is 0. The summed E-state index contributed by atoms with van der Waals surface area (Å²) in [5, 5.41) is 0. The van der Waals surface area contributed by atoms with E-state index in [0.29, 0.717) is 0 Å². The number of rotatable bonds is 4. The number of benzene rings is 2. The fourth-order valence-electron chi connectivity index (χ4n) is 2.99. The molecule has 0 aliphatic heterocycles. The van der Waals surface area contributed by atoms with Crippen LogP contribution in [0, 0.1) is 27.7 Å². The first-order valence-electron chi connectivity index (χ1n) is 7.39. The minimum Gasteiger partial charge on any atom is -0.496 e. The number of hydrogen-bond acceptors (Lipinski definition) is 2. The van der Waals surface area contributed by atoms with E-state index in [9.17, 15) is 0 Å². The second-order valence-electron chi connectivity index (χ2n) is 5.93. The van der Waals surface area contributed by atoms with Gasteiger partial charge in [0.2, 0.25) is 0 Å². The van der Waals surface area contributed by atoms with Crippen molar-refractivity contribution in [3.8, 4) is 5.75 Å². The quantitative estimate of drug-likeness (QED) is 0.914. The zero-order chi connectivity index (χ0) is 15.6.